The molecule has 0 aromatic heterocycles. The summed E-state index contributed by atoms with van der Waals surface area (Å²) in [6.45, 7) is 48.7. The summed E-state index contributed by atoms with van der Waals surface area (Å²) in [5.41, 5.74) is 11.7. The van der Waals surface area contributed by atoms with Gasteiger partial charge in [0.1, 0.15) is 23.2 Å². The van der Waals surface area contributed by atoms with Gasteiger partial charge in [0.2, 0.25) is 0 Å². The summed E-state index contributed by atoms with van der Waals surface area (Å²) in [4.78, 5) is 0. The van der Waals surface area contributed by atoms with Crippen molar-refractivity contribution in [2.45, 2.75) is 230 Å². The number of hydrogen-bond acceptors (Lipinski definition) is 1. The van der Waals surface area contributed by atoms with Crippen LogP contribution in [0.2, 0.25) is 0 Å². The van der Waals surface area contributed by atoms with Gasteiger partial charge in [-0.15, -0.1) is 13.2 Å². The van der Waals surface area contributed by atoms with Crippen molar-refractivity contribution in [1.82, 2.24) is 0 Å². The fraction of sp³-hybridized carbons (Fsp3) is 0.422. The lowest BCUT2D eigenvalue weighted by atomic mass is 9.86. The SMILES string of the molecule is CC(C)(C)c1ccc(F)cc1.CC(C)(C)c1cccc(C(F)F)c1.CC(C)(C)c1cccc(F)c1.CC(C)(C)c1ccccc1F.CC(C)c1cccc(C(C)(F)F)c1.CC(C)c1cccc(OC(F)(F)F)c1.Cc1cccc(C(C)(C)C)c1.Cc1cccc(C(C)C)c1. The van der Waals surface area contributed by atoms with Gasteiger partial charge in [-0.1, -0.05) is 296 Å². The molecule has 0 aliphatic heterocycles. The highest BCUT2D eigenvalue weighted by molar-refractivity contribution is 5.33. The summed E-state index contributed by atoms with van der Waals surface area (Å²) in [5.74, 6) is -2.20. The number of benzene rings is 8. The molecule has 0 saturated carbocycles. The Kier molecular flexibility index (Phi) is 34.1. The van der Waals surface area contributed by atoms with Crippen LogP contribution in [0.4, 0.5) is 43.9 Å². The first-order valence-electron chi connectivity index (χ1n) is 32.1. The third-order valence-corrected chi connectivity index (χ3v) is 14.5. The molecule has 11 heteroatoms. The molecule has 0 saturated heterocycles. The van der Waals surface area contributed by atoms with Crippen molar-refractivity contribution < 1.29 is 48.6 Å². The van der Waals surface area contributed by atoms with Gasteiger partial charge in [-0.2, -0.15) is 0 Å². The molecule has 0 bridgehead atoms. The van der Waals surface area contributed by atoms with E-state index in [1.54, 1.807) is 54.6 Å². The lowest BCUT2D eigenvalue weighted by molar-refractivity contribution is -0.274. The van der Waals surface area contributed by atoms with Gasteiger partial charge in [-0.05, 0) is 158 Å². The number of rotatable bonds is 6. The fourth-order valence-corrected chi connectivity index (χ4v) is 8.50. The molecule has 0 unspecified atom stereocenters. The van der Waals surface area contributed by atoms with Gasteiger partial charge < -0.3 is 4.74 Å². The molecule has 0 amide bonds. The van der Waals surface area contributed by atoms with E-state index in [0.717, 1.165) is 34.7 Å². The first-order valence-corrected chi connectivity index (χ1v) is 32.1. The Morgan fingerprint density at radius 1 is 0.309 bits per heavy atom. The zero-order valence-corrected chi connectivity index (χ0v) is 60.5. The molecule has 0 heterocycles. The van der Waals surface area contributed by atoms with E-state index in [4.69, 9.17) is 0 Å². The number of ether oxygens (including phenoxy) is 1. The lowest BCUT2D eigenvalue weighted by Gasteiger charge is -2.19. The summed E-state index contributed by atoms with van der Waals surface area (Å²) < 4.78 is 128. The molecule has 516 valence electrons. The van der Waals surface area contributed by atoms with Gasteiger partial charge in [-0.3, -0.25) is 0 Å². The molecule has 1 nitrogen and oxygen atoms in total. The Bertz CT molecular complexity index is 3310. The first kappa shape index (κ1) is 84.9. The molecule has 0 aliphatic rings. The first-order chi connectivity index (χ1) is 42.9. The van der Waals surface area contributed by atoms with Crippen molar-refractivity contribution in [2.24, 2.45) is 0 Å². The highest BCUT2D eigenvalue weighted by Gasteiger charge is 2.31. The third-order valence-electron chi connectivity index (χ3n) is 14.5. The van der Waals surface area contributed by atoms with E-state index in [0.29, 0.717) is 11.8 Å². The Balaban J connectivity index is 0.000000538. The van der Waals surface area contributed by atoms with E-state index >= 15 is 0 Å². The summed E-state index contributed by atoms with van der Waals surface area (Å²) in [6.07, 6.45) is -6.99. The minimum absolute atomic E-state index is 0.0437. The second-order valence-electron chi connectivity index (χ2n) is 29.6. The topological polar surface area (TPSA) is 9.23 Å². The molecule has 0 atom stereocenters. The van der Waals surface area contributed by atoms with Crippen LogP contribution in [-0.4, -0.2) is 6.36 Å². The van der Waals surface area contributed by atoms with E-state index in [9.17, 15) is 43.9 Å². The Hall–Kier alpha value is -7.14. The highest BCUT2D eigenvalue weighted by Crippen LogP contribution is 2.32. The minimum Gasteiger partial charge on any atom is -0.406 e. The zero-order valence-electron chi connectivity index (χ0n) is 60.5. The molecule has 94 heavy (non-hydrogen) atoms. The van der Waals surface area contributed by atoms with Crippen molar-refractivity contribution in [1.29, 1.82) is 0 Å². The van der Waals surface area contributed by atoms with Crippen LogP contribution in [0.3, 0.4) is 0 Å². The average molecular weight is 1310 g/mol. The van der Waals surface area contributed by atoms with Crippen molar-refractivity contribution in [3.63, 3.8) is 0 Å². The second kappa shape index (κ2) is 37.8. The number of alkyl halides is 7. The van der Waals surface area contributed by atoms with Gasteiger partial charge in [0.15, 0.2) is 0 Å². The second-order valence-corrected chi connectivity index (χ2v) is 29.6. The highest BCUT2D eigenvalue weighted by atomic mass is 19.4. The largest absolute Gasteiger partial charge is 0.573 e. The van der Waals surface area contributed by atoms with E-state index in [1.807, 2.05) is 112 Å². The molecular weight excluding hydrogens is 1200 g/mol. The van der Waals surface area contributed by atoms with Gasteiger partial charge in [0.25, 0.3) is 12.3 Å². The Morgan fingerprint density at radius 2 is 0.670 bits per heavy atom. The van der Waals surface area contributed by atoms with Crippen molar-refractivity contribution in [3.8, 4) is 5.75 Å². The number of aryl methyl sites for hydroxylation is 2. The Morgan fingerprint density at radius 3 is 1.02 bits per heavy atom. The molecule has 0 N–H and O–H groups in total. The minimum atomic E-state index is -4.62. The molecule has 0 radical (unpaired) electrons. The van der Waals surface area contributed by atoms with Gasteiger partial charge in [0, 0.05) is 18.1 Å². The van der Waals surface area contributed by atoms with Gasteiger partial charge >= 0.3 is 6.36 Å². The van der Waals surface area contributed by atoms with Crippen LogP contribution in [0.25, 0.3) is 0 Å². The number of hydrogen-bond donors (Lipinski definition) is 0. The zero-order chi connectivity index (χ0) is 72.4. The van der Waals surface area contributed by atoms with E-state index in [1.165, 1.54) is 76.3 Å². The van der Waals surface area contributed by atoms with Crippen LogP contribution >= 0.6 is 0 Å². The van der Waals surface area contributed by atoms with E-state index < -0.39 is 18.7 Å². The van der Waals surface area contributed by atoms with Crippen LogP contribution in [0.15, 0.2) is 194 Å². The summed E-state index contributed by atoms with van der Waals surface area (Å²) >= 11 is 0. The van der Waals surface area contributed by atoms with Crippen LogP contribution in [0.5, 0.6) is 5.75 Å². The average Bonchev–Trinajstić information content (AvgIpc) is 1.06. The van der Waals surface area contributed by atoms with Crippen LogP contribution in [0.1, 0.15) is 243 Å². The predicted molar refractivity (Wildman–Crippen MR) is 378 cm³/mol. The summed E-state index contributed by atoms with van der Waals surface area (Å²) in [5, 5.41) is 0. The maximum atomic E-state index is 13.1. The van der Waals surface area contributed by atoms with Crippen LogP contribution in [0, 0.1) is 31.3 Å². The predicted octanol–water partition coefficient (Wildman–Crippen LogP) is 27.3. The number of halogens is 10. The fourth-order valence-electron chi connectivity index (χ4n) is 8.50. The maximum Gasteiger partial charge on any atom is 0.573 e. The molecule has 0 aliphatic carbocycles. The maximum absolute atomic E-state index is 13.1. The molecule has 8 aromatic carbocycles. The van der Waals surface area contributed by atoms with Crippen molar-refractivity contribution in [3.05, 3.63) is 278 Å². The van der Waals surface area contributed by atoms with Gasteiger partial charge in [0.05, 0.1) is 0 Å². The van der Waals surface area contributed by atoms with Crippen molar-refractivity contribution in [2.75, 3.05) is 0 Å². The van der Waals surface area contributed by atoms with Gasteiger partial charge in [-0.25, -0.2) is 30.7 Å². The van der Waals surface area contributed by atoms with Crippen molar-refractivity contribution >= 4 is 0 Å². The quantitative estimate of drug-likeness (QED) is 0.151. The normalized spacial score (nSPS) is 11.7. The summed E-state index contributed by atoms with van der Waals surface area (Å²) in [7, 11) is 0. The molecule has 8 rings (SSSR count). The monoisotopic (exact) mass is 1310 g/mol. The molecular formula is C83H108F10O. The summed E-state index contributed by atoms with van der Waals surface area (Å²) in [6, 6.07) is 56.9. The molecule has 0 fully saturated rings. The molecule has 8 aromatic rings. The standard InChI is InChI=1S/2C11H14F2.C11H16.C10H11F3O.3C10H13F.C10H14/c1-11(2,3)9-6-4-5-8(7-9)10(12)13;1-8(2)9-5-4-6-10(7-9)11(3,12)13;1-9-6-5-7-10(8-9)11(2,3)4;1-7(2)8-4-3-5-9(6-8)14-10(11,12)13;1-10(2,3)8-4-6-9(11)7-5-8;1-10(2,3)8-5-4-6-9(11)7-8;1-10(2,3)8-6-4-5-7-9(8)11;1-8(2)10-6-4-5-9(3)7-10/h4-7,10H,1-3H3;4-8H,1-3H3;5-8H,1-4H3;3-7H,1-2H3;3*4-7H,1-3H3;4-8H,1-3H3. The van der Waals surface area contributed by atoms with Crippen LogP contribution < -0.4 is 4.74 Å². The van der Waals surface area contributed by atoms with E-state index in [2.05, 4.69) is 143 Å². The lowest BCUT2D eigenvalue weighted by Crippen LogP contribution is -2.17. The van der Waals surface area contributed by atoms with Crippen LogP contribution in [-0.2, 0) is 33.0 Å². The third kappa shape index (κ3) is 34.8. The van der Waals surface area contributed by atoms with E-state index in [-0.39, 0.29) is 67.3 Å². The Labute approximate surface area is 559 Å². The smallest absolute Gasteiger partial charge is 0.406 e. The molecule has 0 spiro atoms.